The smallest absolute Gasteiger partial charge is 0.261 e. The topological polar surface area (TPSA) is 136 Å². The maximum Gasteiger partial charge on any atom is 0.261 e. The number of carbonyl (C=O) groups is 1. The maximum absolute atomic E-state index is 13.9. The van der Waals surface area contributed by atoms with Gasteiger partial charge in [-0.3, -0.25) is 9.35 Å². The zero-order chi connectivity index (χ0) is 38.0. The number of amides is 1. The maximum atomic E-state index is 13.9. The summed E-state index contributed by atoms with van der Waals surface area (Å²) < 4.78 is 50.5. The fourth-order valence-electron chi connectivity index (χ4n) is 7.40. The van der Waals surface area contributed by atoms with Crippen LogP contribution in [0.2, 0.25) is 0 Å². The summed E-state index contributed by atoms with van der Waals surface area (Å²) >= 11 is 0. The number of carbonyl (C=O) groups excluding carboxylic acids is 1. The lowest BCUT2D eigenvalue weighted by atomic mass is 9.76. The average Bonchev–Trinajstić information content (AvgIpc) is 3.68. The number of hydrogen-bond acceptors (Lipinski definition) is 10. The van der Waals surface area contributed by atoms with Gasteiger partial charge in [0.25, 0.3) is 16.0 Å². The van der Waals surface area contributed by atoms with E-state index in [4.69, 9.17) is 28.5 Å². The Kier molecular flexibility index (Phi) is 13.6. The van der Waals surface area contributed by atoms with Gasteiger partial charge in [0.15, 0.2) is 11.5 Å². The van der Waals surface area contributed by atoms with Crippen molar-refractivity contribution >= 4 is 33.0 Å². The van der Waals surface area contributed by atoms with Gasteiger partial charge in [-0.2, -0.15) is 8.42 Å². The highest BCUT2D eigenvalue weighted by atomic mass is 32.2. The molecule has 0 aliphatic carbocycles. The molecule has 13 nitrogen and oxygen atoms in total. The van der Waals surface area contributed by atoms with Gasteiger partial charge < -0.3 is 38.2 Å². The van der Waals surface area contributed by atoms with E-state index in [0.717, 1.165) is 75.5 Å². The molecule has 2 aliphatic heterocycles. The Hall–Kier alpha value is -4.37. The highest BCUT2D eigenvalue weighted by Gasteiger charge is 2.42. The number of hydrogen-bond donors (Lipinski definition) is 1. The Balaban J connectivity index is 0.00000101. The molecule has 2 aliphatic rings. The van der Waals surface area contributed by atoms with E-state index in [1.807, 2.05) is 11.8 Å². The van der Waals surface area contributed by atoms with Crippen molar-refractivity contribution in [3.8, 4) is 17.2 Å². The molecule has 288 valence electrons. The lowest BCUT2D eigenvalue weighted by Crippen LogP contribution is -2.39. The van der Waals surface area contributed by atoms with Crippen LogP contribution in [0, 0.1) is 0 Å². The van der Waals surface area contributed by atoms with Crippen LogP contribution in [0.1, 0.15) is 42.1 Å². The van der Waals surface area contributed by atoms with Gasteiger partial charge >= 0.3 is 0 Å². The summed E-state index contributed by atoms with van der Waals surface area (Å²) in [4.78, 5) is 26.1. The molecule has 1 aromatic heterocycles. The van der Waals surface area contributed by atoms with Crippen LogP contribution in [-0.2, 0) is 26.8 Å². The summed E-state index contributed by atoms with van der Waals surface area (Å²) in [5, 5.41) is 0. The van der Waals surface area contributed by atoms with Crippen molar-refractivity contribution < 1.29 is 36.7 Å². The number of likely N-dealkylation sites (tertiary alicyclic amines) is 1. The predicted octanol–water partition coefficient (Wildman–Crippen LogP) is 4.99. The van der Waals surface area contributed by atoms with Crippen molar-refractivity contribution in [2.75, 3.05) is 91.5 Å². The SMILES string of the molecule is CCOCCn1c(N2CCCN(CCC3(c4ccccc4)CCN(C(=O)c4cc(OC)c(OC)c(OC)c4)C3)CC2)nc2ccccc21.CS(=O)(=O)O. The number of methoxy groups -OCH3 is 3. The molecule has 4 aromatic rings. The third kappa shape index (κ3) is 9.99. The van der Waals surface area contributed by atoms with Gasteiger partial charge in [-0.05, 0) is 69.1 Å². The molecule has 3 aromatic carbocycles. The Bertz CT molecular complexity index is 1890. The second-order valence-corrected chi connectivity index (χ2v) is 14.9. The van der Waals surface area contributed by atoms with E-state index >= 15 is 0 Å². The second-order valence-electron chi connectivity index (χ2n) is 13.5. The fraction of sp³-hybridized carbons (Fsp3) is 0.487. The lowest BCUT2D eigenvalue weighted by molar-refractivity contribution is 0.0780. The number of anilines is 1. The van der Waals surface area contributed by atoms with Gasteiger partial charge in [0, 0.05) is 56.9 Å². The van der Waals surface area contributed by atoms with Gasteiger partial charge in [-0.15, -0.1) is 0 Å². The number of nitrogens with zero attached hydrogens (tertiary/aromatic N) is 5. The molecule has 1 N–H and O–H groups in total. The Morgan fingerprint density at radius 3 is 2.23 bits per heavy atom. The molecule has 53 heavy (non-hydrogen) atoms. The number of para-hydroxylation sites is 2. The van der Waals surface area contributed by atoms with Gasteiger partial charge in [0.1, 0.15) is 0 Å². The first kappa shape index (κ1) is 39.8. The summed E-state index contributed by atoms with van der Waals surface area (Å²) in [5.41, 5.74) is 3.89. The minimum absolute atomic E-state index is 0.0234. The molecule has 0 saturated carbocycles. The van der Waals surface area contributed by atoms with Gasteiger partial charge in [-0.1, -0.05) is 42.5 Å². The first-order valence-electron chi connectivity index (χ1n) is 18.1. The van der Waals surface area contributed by atoms with Crippen molar-refractivity contribution in [1.82, 2.24) is 19.4 Å². The minimum Gasteiger partial charge on any atom is -0.493 e. The molecule has 14 heteroatoms. The number of ether oxygens (including phenoxy) is 4. The second kappa shape index (κ2) is 18.1. The third-order valence-corrected chi connectivity index (χ3v) is 10.0. The van der Waals surface area contributed by atoms with Crippen LogP contribution in [0.25, 0.3) is 11.0 Å². The van der Waals surface area contributed by atoms with Crippen LogP contribution < -0.4 is 19.1 Å². The van der Waals surface area contributed by atoms with Crippen molar-refractivity contribution in [1.29, 1.82) is 0 Å². The first-order valence-corrected chi connectivity index (χ1v) is 19.9. The Morgan fingerprint density at radius 1 is 0.887 bits per heavy atom. The van der Waals surface area contributed by atoms with E-state index in [1.165, 1.54) is 5.56 Å². The molecule has 2 saturated heterocycles. The van der Waals surface area contributed by atoms with Gasteiger partial charge in [0.05, 0.1) is 45.2 Å². The molecule has 0 radical (unpaired) electrons. The van der Waals surface area contributed by atoms with Crippen molar-refractivity contribution in [2.45, 2.75) is 38.1 Å². The molecule has 0 bridgehead atoms. The molecule has 6 rings (SSSR count). The van der Waals surface area contributed by atoms with Crippen LogP contribution in [0.5, 0.6) is 17.2 Å². The van der Waals surface area contributed by atoms with E-state index in [9.17, 15) is 13.2 Å². The normalized spacial score (nSPS) is 18.0. The van der Waals surface area contributed by atoms with Crippen LogP contribution in [0.4, 0.5) is 5.95 Å². The van der Waals surface area contributed by atoms with E-state index < -0.39 is 10.1 Å². The fourth-order valence-corrected chi connectivity index (χ4v) is 7.40. The van der Waals surface area contributed by atoms with Crippen LogP contribution >= 0.6 is 0 Å². The molecular weight excluding hydrogens is 699 g/mol. The largest absolute Gasteiger partial charge is 0.493 e. The standard InChI is InChI=1S/C38H49N5O5.CH4O3S/c1-5-48-25-24-43-32-15-10-9-14-31(32)39-37(43)41-19-11-18-40(22-23-41)20-16-38(30-12-7-6-8-13-30)17-21-42(28-38)36(44)29-26-33(45-2)35(47-4)34(27-29)46-3;1-5(2,3)4/h6-10,12-15,26-27H,5,11,16-25,28H2,1-4H3;1H3,(H,2,3,4). The summed E-state index contributed by atoms with van der Waals surface area (Å²) in [6.07, 6.45) is 3.67. The van der Waals surface area contributed by atoms with Crippen molar-refractivity contribution in [3.63, 3.8) is 0 Å². The molecular formula is C39H53N5O8S. The lowest BCUT2D eigenvalue weighted by Gasteiger charge is -2.33. The first-order chi connectivity index (χ1) is 25.5. The van der Waals surface area contributed by atoms with Crippen LogP contribution in [0.3, 0.4) is 0 Å². The van der Waals surface area contributed by atoms with Crippen molar-refractivity contribution in [2.24, 2.45) is 0 Å². The summed E-state index contributed by atoms with van der Waals surface area (Å²) in [6, 6.07) is 22.6. The average molecular weight is 752 g/mol. The zero-order valence-electron chi connectivity index (χ0n) is 31.5. The number of rotatable bonds is 13. The zero-order valence-corrected chi connectivity index (χ0v) is 32.3. The van der Waals surface area contributed by atoms with E-state index in [1.54, 1.807) is 33.5 Å². The minimum atomic E-state index is -3.67. The molecule has 2 fully saturated rings. The quantitative estimate of drug-likeness (QED) is 0.146. The Labute approximate surface area is 313 Å². The summed E-state index contributed by atoms with van der Waals surface area (Å²) in [5.74, 6) is 2.46. The van der Waals surface area contributed by atoms with Crippen LogP contribution in [-0.4, -0.2) is 125 Å². The number of imidazole rings is 1. The third-order valence-electron chi connectivity index (χ3n) is 10.0. The highest BCUT2D eigenvalue weighted by Crippen LogP contribution is 2.41. The number of aromatic nitrogens is 2. The monoisotopic (exact) mass is 751 g/mol. The van der Waals surface area contributed by atoms with Gasteiger partial charge in [-0.25, -0.2) is 4.98 Å². The molecule has 1 amide bonds. The predicted molar refractivity (Wildman–Crippen MR) is 206 cm³/mol. The molecule has 1 unspecified atom stereocenters. The van der Waals surface area contributed by atoms with E-state index in [2.05, 4.69) is 69.0 Å². The van der Waals surface area contributed by atoms with E-state index in [0.29, 0.717) is 55.4 Å². The number of benzene rings is 3. The van der Waals surface area contributed by atoms with E-state index in [-0.39, 0.29) is 11.3 Å². The van der Waals surface area contributed by atoms with Crippen molar-refractivity contribution in [3.05, 3.63) is 77.9 Å². The van der Waals surface area contributed by atoms with Crippen LogP contribution in [0.15, 0.2) is 66.7 Å². The summed E-state index contributed by atoms with van der Waals surface area (Å²) in [7, 11) is 1.05. The number of fused-ring (bicyclic) bond motifs is 1. The summed E-state index contributed by atoms with van der Waals surface area (Å²) in [6.45, 7) is 10.4. The molecule has 3 heterocycles. The Morgan fingerprint density at radius 2 is 1.57 bits per heavy atom. The highest BCUT2D eigenvalue weighted by molar-refractivity contribution is 7.85. The molecule has 1 atom stereocenters. The molecule has 0 spiro atoms. The van der Waals surface area contributed by atoms with Gasteiger partial charge in [0.2, 0.25) is 11.7 Å².